The highest BCUT2D eigenvalue weighted by Gasteiger charge is 2.27. The van der Waals surface area contributed by atoms with E-state index >= 15 is 0 Å². The SMILES string of the molecule is C[C@H](C(=O)NCc1ccc(F)cc1)N1CCC[C@H](Cn2cncn2)C1. The van der Waals surface area contributed by atoms with Crippen LogP contribution in [0.15, 0.2) is 36.9 Å². The first-order valence-electron chi connectivity index (χ1n) is 8.70. The van der Waals surface area contributed by atoms with Crippen molar-refractivity contribution in [3.63, 3.8) is 0 Å². The lowest BCUT2D eigenvalue weighted by Gasteiger charge is -2.36. The second-order valence-electron chi connectivity index (χ2n) is 6.64. The largest absolute Gasteiger partial charge is 0.351 e. The lowest BCUT2D eigenvalue weighted by Crippen LogP contribution is -2.49. The molecule has 1 aliphatic rings. The Kier molecular flexibility index (Phi) is 5.75. The third kappa shape index (κ3) is 4.85. The first-order chi connectivity index (χ1) is 12.1. The molecule has 1 aliphatic heterocycles. The number of amides is 1. The molecule has 1 aromatic heterocycles. The van der Waals surface area contributed by atoms with Crippen LogP contribution in [0.5, 0.6) is 0 Å². The van der Waals surface area contributed by atoms with Crippen molar-refractivity contribution in [1.82, 2.24) is 25.0 Å². The van der Waals surface area contributed by atoms with Gasteiger partial charge in [-0.3, -0.25) is 14.4 Å². The van der Waals surface area contributed by atoms with Crippen LogP contribution in [0.2, 0.25) is 0 Å². The molecule has 1 saturated heterocycles. The van der Waals surface area contributed by atoms with Crippen LogP contribution in [0.4, 0.5) is 4.39 Å². The number of benzene rings is 1. The van der Waals surface area contributed by atoms with E-state index in [-0.39, 0.29) is 17.8 Å². The van der Waals surface area contributed by atoms with Crippen molar-refractivity contribution in [3.8, 4) is 0 Å². The maximum Gasteiger partial charge on any atom is 0.237 e. The molecule has 134 valence electrons. The number of nitrogens with zero attached hydrogens (tertiary/aromatic N) is 4. The molecule has 7 heteroatoms. The van der Waals surface area contributed by atoms with Crippen molar-refractivity contribution in [2.45, 2.75) is 38.9 Å². The number of likely N-dealkylation sites (tertiary alicyclic amines) is 1. The molecule has 2 aromatic rings. The molecular weight excluding hydrogens is 321 g/mol. The van der Waals surface area contributed by atoms with Gasteiger partial charge in [0.15, 0.2) is 0 Å². The Bertz CT molecular complexity index is 673. The van der Waals surface area contributed by atoms with Crippen molar-refractivity contribution in [1.29, 1.82) is 0 Å². The Morgan fingerprint density at radius 3 is 2.92 bits per heavy atom. The van der Waals surface area contributed by atoms with E-state index in [4.69, 9.17) is 0 Å². The van der Waals surface area contributed by atoms with E-state index in [0.717, 1.165) is 38.0 Å². The fraction of sp³-hybridized carbons (Fsp3) is 0.500. The number of aromatic nitrogens is 3. The third-order valence-corrected chi connectivity index (χ3v) is 4.77. The Labute approximate surface area is 147 Å². The van der Waals surface area contributed by atoms with Crippen LogP contribution in [0.25, 0.3) is 0 Å². The molecule has 1 aromatic carbocycles. The van der Waals surface area contributed by atoms with E-state index in [1.54, 1.807) is 24.8 Å². The van der Waals surface area contributed by atoms with Crippen LogP contribution in [0.3, 0.4) is 0 Å². The summed E-state index contributed by atoms with van der Waals surface area (Å²) in [5.41, 5.74) is 0.893. The van der Waals surface area contributed by atoms with E-state index in [9.17, 15) is 9.18 Å². The van der Waals surface area contributed by atoms with Gasteiger partial charge in [-0.15, -0.1) is 0 Å². The minimum Gasteiger partial charge on any atom is -0.351 e. The minimum absolute atomic E-state index is 0.00531. The number of rotatable bonds is 6. The third-order valence-electron chi connectivity index (χ3n) is 4.77. The Morgan fingerprint density at radius 1 is 1.40 bits per heavy atom. The van der Waals surface area contributed by atoms with Gasteiger partial charge in [-0.1, -0.05) is 12.1 Å². The topological polar surface area (TPSA) is 63.1 Å². The van der Waals surface area contributed by atoms with Gasteiger partial charge in [0, 0.05) is 19.6 Å². The monoisotopic (exact) mass is 345 g/mol. The van der Waals surface area contributed by atoms with Gasteiger partial charge in [0.25, 0.3) is 0 Å². The van der Waals surface area contributed by atoms with Crippen molar-refractivity contribution in [2.75, 3.05) is 13.1 Å². The van der Waals surface area contributed by atoms with Crippen molar-refractivity contribution in [2.24, 2.45) is 5.92 Å². The molecule has 0 unspecified atom stereocenters. The van der Waals surface area contributed by atoms with Gasteiger partial charge >= 0.3 is 0 Å². The summed E-state index contributed by atoms with van der Waals surface area (Å²) in [6, 6.07) is 6.01. The average Bonchev–Trinajstić information content (AvgIpc) is 3.13. The average molecular weight is 345 g/mol. The molecule has 3 rings (SSSR count). The number of piperidine rings is 1. The standard InChI is InChI=1S/C18H24FN5O/c1-14(18(25)21-9-15-4-6-17(19)7-5-15)23-8-2-3-16(10-23)11-24-13-20-12-22-24/h4-7,12-14,16H,2-3,8-11H2,1H3,(H,21,25)/t14-,16+/m1/s1. The highest BCUT2D eigenvalue weighted by atomic mass is 19.1. The van der Waals surface area contributed by atoms with Crippen LogP contribution < -0.4 is 5.32 Å². The van der Waals surface area contributed by atoms with Gasteiger partial charge in [0.1, 0.15) is 18.5 Å². The van der Waals surface area contributed by atoms with Crippen LogP contribution in [0, 0.1) is 11.7 Å². The first kappa shape index (κ1) is 17.5. The maximum atomic E-state index is 12.9. The van der Waals surface area contributed by atoms with E-state index in [2.05, 4.69) is 20.3 Å². The number of nitrogens with one attached hydrogen (secondary N) is 1. The first-order valence-corrected chi connectivity index (χ1v) is 8.70. The molecule has 0 aliphatic carbocycles. The Morgan fingerprint density at radius 2 is 2.20 bits per heavy atom. The number of hydrogen-bond acceptors (Lipinski definition) is 4. The van der Waals surface area contributed by atoms with Crippen LogP contribution in [-0.4, -0.2) is 44.7 Å². The molecule has 1 amide bonds. The van der Waals surface area contributed by atoms with E-state index < -0.39 is 0 Å². The molecule has 6 nitrogen and oxygen atoms in total. The number of carbonyl (C=O) groups excluding carboxylic acids is 1. The fourth-order valence-electron chi connectivity index (χ4n) is 3.29. The van der Waals surface area contributed by atoms with Gasteiger partial charge in [-0.05, 0) is 49.9 Å². The van der Waals surface area contributed by atoms with Gasteiger partial charge in [-0.25, -0.2) is 9.37 Å². The molecule has 1 fully saturated rings. The summed E-state index contributed by atoms with van der Waals surface area (Å²) in [5, 5.41) is 7.11. The zero-order valence-electron chi connectivity index (χ0n) is 14.4. The van der Waals surface area contributed by atoms with Crippen molar-refractivity contribution < 1.29 is 9.18 Å². The van der Waals surface area contributed by atoms with E-state index in [0.29, 0.717) is 12.5 Å². The molecular formula is C18H24FN5O. The van der Waals surface area contributed by atoms with Crippen molar-refractivity contribution in [3.05, 3.63) is 48.3 Å². The number of carbonyl (C=O) groups is 1. The zero-order valence-corrected chi connectivity index (χ0v) is 14.4. The highest BCUT2D eigenvalue weighted by molar-refractivity contribution is 5.81. The normalized spacial score (nSPS) is 19.5. The van der Waals surface area contributed by atoms with E-state index in [1.807, 2.05) is 11.6 Å². The lowest BCUT2D eigenvalue weighted by molar-refractivity contribution is -0.126. The predicted molar refractivity (Wildman–Crippen MR) is 92.0 cm³/mol. The quantitative estimate of drug-likeness (QED) is 0.868. The fourth-order valence-corrected chi connectivity index (χ4v) is 3.29. The molecule has 0 bridgehead atoms. The summed E-state index contributed by atoms with van der Waals surface area (Å²) < 4.78 is 14.8. The molecule has 0 spiro atoms. The summed E-state index contributed by atoms with van der Waals surface area (Å²) in [7, 11) is 0. The minimum atomic E-state index is -0.268. The van der Waals surface area contributed by atoms with Gasteiger partial charge in [-0.2, -0.15) is 5.10 Å². The van der Waals surface area contributed by atoms with Crippen LogP contribution >= 0.6 is 0 Å². The molecule has 2 heterocycles. The Hall–Kier alpha value is -2.28. The van der Waals surface area contributed by atoms with Crippen LogP contribution in [0.1, 0.15) is 25.3 Å². The van der Waals surface area contributed by atoms with E-state index in [1.165, 1.54) is 12.1 Å². The molecule has 0 radical (unpaired) electrons. The molecule has 0 saturated carbocycles. The molecule has 1 N–H and O–H groups in total. The second kappa shape index (κ2) is 8.20. The molecule has 25 heavy (non-hydrogen) atoms. The summed E-state index contributed by atoms with van der Waals surface area (Å²) in [6.07, 6.45) is 5.50. The zero-order chi connectivity index (χ0) is 17.6. The van der Waals surface area contributed by atoms with Crippen molar-refractivity contribution >= 4 is 5.91 Å². The molecule has 2 atom stereocenters. The summed E-state index contributed by atoms with van der Waals surface area (Å²) in [4.78, 5) is 18.7. The smallest absolute Gasteiger partial charge is 0.237 e. The highest BCUT2D eigenvalue weighted by Crippen LogP contribution is 2.20. The summed E-state index contributed by atoms with van der Waals surface area (Å²) in [6.45, 7) is 5.00. The van der Waals surface area contributed by atoms with Gasteiger partial charge in [0.2, 0.25) is 5.91 Å². The summed E-state index contributed by atoms with van der Waals surface area (Å²) >= 11 is 0. The van der Waals surface area contributed by atoms with Crippen LogP contribution in [-0.2, 0) is 17.9 Å². The van der Waals surface area contributed by atoms with Gasteiger partial charge in [0.05, 0.1) is 6.04 Å². The number of hydrogen-bond donors (Lipinski definition) is 1. The Balaban J connectivity index is 1.49. The second-order valence-corrected chi connectivity index (χ2v) is 6.64. The predicted octanol–water partition coefficient (Wildman–Crippen LogP) is 1.83. The summed E-state index contributed by atoms with van der Waals surface area (Å²) in [5.74, 6) is 0.212. The lowest BCUT2D eigenvalue weighted by atomic mass is 9.96. The van der Waals surface area contributed by atoms with Gasteiger partial charge < -0.3 is 5.32 Å². The number of halogens is 1. The maximum absolute atomic E-state index is 12.9.